The van der Waals surface area contributed by atoms with Gasteiger partial charge in [-0.25, -0.2) is 0 Å². The van der Waals surface area contributed by atoms with Crippen LogP contribution in [0.2, 0.25) is 0 Å². The van der Waals surface area contributed by atoms with E-state index in [9.17, 15) is 9.90 Å². The Kier molecular flexibility index (Phi) is 10.00. The molecule has 2 nitrogen and oxygen atoms in total. The molecule has 1 atom stereocenters. The molecule has 0 amide bonds. The summed E-state index contributed by atoms with van der Waals surface area (Å²) in [6.45, 7) is 1.71. The summed E-state index contributed by atoms with van der Waals surface area (Å²) >= 11 is 3.82. The van der Waals surface area contributed by atoms with Gasteiger partial charge >= 0.3 is 51.4 Å². The molecule has 0 rings (SSSR count). The maximum absolute atomic E-state index is 9.65. The van der Waals surface area contributed by atoms with Crippen molar-refractivity contribution in [3.8, 4) is 0 Å². The minimum Gasteiger partial charge on any atom is -0.550 e. The molecule has 0 aliphatic heterocycles. The number of carbonyl (C=O) groups is 1. The van der Waals surface area contributed by atoms with Crippen molar-refractivity contribution >= 4 is 18.6 Å². The van der Waals surface area contributed by atoms with Crippen molar-refractivity contribution in [3.63, 3.8) is 0 Å². The van der Waals surface area contributed by atoms with Crippen LogP contribution < -0.4 is 56.5 Å². The quantitative estimate of drug-likeness (QED) is 0.334. The van der Waals surface area contributed by atoms with E-state index in [0.29, 0.717) is 0 Å². The first-order chi connectivity index (χ1) is 3.13. The average Bonchev–Trinajstić information content (AvgIpc) is 1.27. The van der Waals surface area contributed by atoms with Crippen LogP contribution in [-0.4, -0.2) is 11.2 Å². The zero-order valence-corrected chi connectivity index (χ0v) is 9.07. The van der Waals surface area contributed by atoms with Crippen LogP contribution in [0.4, 0.5) is 0 Å². The first kappa shape index (κ1) is 12.2. The molecule has 0 spiro atoms. The second kappa shape index (κ2) is 6.57. The Labute approximate surface area is 96.9 Å². The van der Waals surface area contributed by atoms with Crippen LogP contribution in [0.5, 0.6) is 0 Å². The van der Waals surface area contributed by atoms with E-state index in [1.54, 1.807) is 6.92 Å². The molecule has 0 aromatic carbocycles. The van der Waals surface area contributed by atoms with Gasteiger partial charge in [-0.15, -0.1) is 0 Å². The van der Waals surface area contributed by atoms with Gasteiger partial charge < -0.3 is 9.90 Å². The summed E-state index contributed by atoms with van der Waals surface area (Å²) in [7, 11) is 0. The molecule has 0 radical (unpaired) electrons. The normalized spacial score (nSPS) is 11.8. The number of aliphatic carboxylic acids is 1. The third-order valence-electron chi connectivity index (χ3n) is 0.462. The molecule has 0 saturated carbocycles. The third kappa shape index (κ3) is 10.4. The molecule has 0 bridgehead atoms. The fourth-order valence-electron chi connectivity index (χ4n) is 0.241. The predicted molar refractivity (Wildman–Crippen MR) is 28.1 cm³/mol. The van der Waals surface area contributed by atoms with Crippen molar-refractivity contribution in [2.24, 2.45) is 0 Å². The number of hydrogen-bond donors (Lipinski definition) is 1. The number of rotatable bonds is 2. The Bertz CT molecular complexity index is 74.4. The van der Waals surface area contributed by atoms with E-state index >= 15 is 0 Å². The summed E-state index contributed by atoms with van der Waals surface area (Å²) in [4.78, 5) is 9.65. The first-order valence-corrected chi connectivity index (χ1v) is 2.52. The average molecular weight is 158 g/mol. The molecule has 1 unspecified atom stereocenters. The monoisotopic (exact) mass is 158 g/mol. The molecular weight excluding hydrogens is 151 g/mol. The summed E-state index contributed by atoms with van der Waals surface area (Å²) < 4.78 is 0. The molecule has 0 aliphatic rings. The third-order valence-corrected chi connectivity index (χ3v) is 0.645. The van der Waals surface area contributed by atoms with Gasteiger partial charge in [0.2, 0.25) is 0 Å². The molecule has 8 heavy (non-hydrogen) atoms. The van der Waals surface area contributed by atoms with Crippen LogP contribution in [0.25, 0.3) is 0 Å². The Hall–Kier alpha value is 1.46. The molecule has 0 aromatic rings. The number of thiol groups is 1. The summed E-state index contributed by atoms with van der Waals surface area (Å²) in [5, 5.41) is 9.56. The Morgan fingerprint density at radius 2 is 2.25 bits per heavy atom. The van der Waals surface area contributed by atoms with Crippen molar-refractivity contribution in [2.75, 3.05) is 0 Å². The van der Waals surface area contributed by atoms with Crippen molar-refractivity contribution < 1.29 is 61.3 Å². The maximum Gasteiger partial charge on any atom is 1.00 e. The summed E-state index contributed by atoms with van der Waals surface area (Å²) in [5.41, 5.74) is 0. The van der Waals surface area contributed by atoms with E-state index in [-0.39, 0.29) is 63.1 Å². The number of hydrogen-bond acceptors (Lipinski definition) is 3. The number of carbonyl (C=O) groups excluding carboxylic acids is 1. The predicted octanol–water partition coefficient (Wildman–Crippen LogP) is -3.55. The summed E-state index contributed by atoms with van der Waals surface area (Å²) in [5.74, 6) is -1.04. The van der Waals surface area contributed by atoms with E-state index in [0.717, 1.165) is 0 Å². The smallest absolute Gasteiger partial charge is 0.550 e. The van der Waals surface area contributed by atoms with Gasteiger partial charge in [0, 0.05) is 11.2 Å². The minimum absolute atomic E-state index is 0. The van der Waals surface area contributed by atoms with Gasteiger partial charge in [-0.3, -0.25) is 0 Å². The summed E-state index contributed by atoms with van der Waals surface area (Å²) in [6, 6.07) is 0. The van der Waals surface area contributed by atoms with Crippen LogP contribution >= 0.6 is 12.6 Å². The van der Waals surface area contributed by atoms with Crippen molar-refractivity contribution in [3.05, 3.63) is 0 Å². The topological polar surface area (TPSA) is 40.1 Å². The van der Waals surface area contributed by atoms with E-state index in [2.05, 4.69) is 12.6 Å². The number of carboxylic acids is 1. The molecule has 0 N–H and O–H groups in total. The zero-order valence-electron chi connectivity index (χ0n) is 5.05. The summed E-state index contributed by atoms with van der Waals surface area (Å²) in [6.07, 6.45) is 0.0309. The molecule has 42 valence electrons. The number of carboxylic acid groups (broad SMARTS) is 1. The van der Waals surface area contributed by atoms with Crippen molar-refractivity contribution in [1.29, 1.82) is 0 Å². The molecular formula is C4H7KO2S. The largest absolute Gasteiger partial charge is 1.00 e. The van der Waals surface area contributed by atoms with Crippen molar-refractivity contribution in [1.82, 2.24) is 0 Å². The van der Waals surface area contributed by atoms with Gasteiger partial charge in [-0.1, -0.05) is 6.92 Å². The second-order valence-electron chi connectivity index (χ2n) is 1.43. The second-order valence-corrected chi connectivity index (χ2v) is 2.31. The van der Waals surface area contributed by atoms with Gasteiger partial charge in [0.05, 0.1) is 0 Å². The molecule has 0 aromatic heterocycles. The first-order valence-electron chi connectivity index (χ1n) is 2.01. The van der Waals surface area contributed by atoms with E-state index in [1.165, 1.54) is 0 Å². The van der Waals surface area contributed by atoms with Crippen molar-refractivity contribution in [2.45, 2.75) is 18.6 Å². The van der Waals surface area contributed by atoms with E-state index < -0.39 is 5.97 Å². The van der Waals surface area contributed by atoms with E-state index in [1.807, 2.05) is 0 Å². The van der Waals surface area contributed by atoms with Crippen LogP contribution in [0.3, 0.4) is 0 Å². The Balaban J connectivity index is 0. The van der Waals surface area contributed by atoms with Crippen LogP contribution in [0, 0.1) is 0 Å². The van der Waals surface area contributed by atoms with Gasteiger partial charge in [0.15, 0.2) is 0 Å². The molecule has 4 heteroatoms. The molecule has 0 fully saturated rings. The fraction of sp³-hybridized carbons (Fsp3) is 0.750. The van der Waals surface area contributed by atoms with Gasteiger partial charge in [-0.05, 0) is 6.42 Å². The van der Waals surface area contributed by atoms with Crippen LogP contribution in [0.15, 0.2) is 0 Å². The van der Waals surface area contributed by atoms with Gasteiger partial charge in [0.1, 0.15) is 0 Å². The Morgan fingerprint density at radius 1 is 1.88 bits per heavy atom. The molecule has 0 heterocycles. The minimum atomic E-state index is -1.04. The zero-order chi connectivity index (χ0) is 5.86. The van der Waals surface area contributed by atoms with Gasteiger partial charge in [-0.2, -0.15) is 12.6 Å². The maximum atomic E-state index is 9.65. The van der Waals surface area contributed by atoms with Crippen LogP contribution in [0.1, 0.15) is 13.3 Å². The SMILES string of the molecule is CC(S)CC(=O)[O-].[K+]. The van der Waals surface area contributed by atoms with Gasteiger partial charge in [0.25, 0.3) is 0 Å². The molecule has 0 aliphatic carbocycles. The van der Waals surface area contributed by atoms with E-state index in [4.69, 9.17) is 0 Å². The fourth-order valence-corrected chi connectivity index (χ4v) is 0.390. The standard InChI is InChI=1S/C4H8O2S.K/c1-3(7)2-4(5)6;/h3,7H,2H2,1H3,(H,5,6);/q;+1/p-1. The Morgan fingerprint density at radius 3 is 2.25 bits per heavy atom. The molecule has 0 saturated heterocycles. The van der Waals surface area contributed by atoms with Crippen LogP contribution in [-0.2, 0) is 4.79 Å².